The standard InChI is InChI=1S/C13H16N2O4/c1-18-12(16)9-3-2-4-10(7-9)14-13(17)15-11-5-6-19-8-11/h2-4,7,11H,5-6,8H2,1H3,(H2,14,15,17). The molecule has 1 saturated heterocycles. The highest BCUT2D eigenvalue weighted by atomic mass is 16.5. The SMILES string of the molecule is COC(=O)c1cccc(NC(=O)NC2CCOC2)c1. The molecule has 6 heteroatoms. The molecule has 2 amide bonds. The van der Waals surface area contributed by atoms with Crippen LogP contribution in [0.1, 0.15) is 16.8 Å². The molecule has 102 valence electrons. The lowest BCUT2D eigenvalue weighted by Crippen LogP contribution is -2.38. The largest absolute Gasteiger partial charge is 0.465 e. The van der Waals surface area contributed by atoms with Crippen molar-refractivity contribution in [1.82, 2.24) is 5.32 Å². The Bertz CT molecular complexity index is 469. The van der Waals surface area contributed by atoms with Crippen molar-refractivity contribution >= 4 is 17.7 Å². The first-order chi connectivity index (χ1) is 9.19. The summed E-state index contributed by atoms with van der Waals surface area (Å²) in [5.41, 5.74) is 0.934. The molecule has 0 aliphatic carbocycles. The molecule has 1 atom stereocenters. The fourth-order valence-electron chi connectivity index (χ4n) is 1.84. The Kier molecular flexibility index (Phi) is 4.35. The maximum Gasteiger partial charge on any atom is 0.337 e. The van der Waals surface area contributed by atoms with E-state index in [1.165, 1.54) is 7.11 Å². The topological polar surface area (TPSA) is 76.7 Å². The van der Waals surface area contributed by atoms with Gasteiger partial charge in [0.1, 0.15) is 0 Å². The summed E-state index contributed by atoms with van der Waals surface area (Å²) in [6.07, 6.45) is 0.815. The van der Waals surface area contributed by atoms with E-state index in [1.807, 2.05) is 0 Å². The molecule has 19 heavy (non-hydrogen) atoms. The van der Waals surface area contributed by atoms with Gasteiger partial charge in [0.25, 0.3) is 0 Å². The number of esters is 1. The second-order valence-electron chi connectivity index (χ2n) is 4.23. The third-order valence-corrected chi connectivity index (χ3v) is 2.81. The predicted octanol–water partition coefficient (Wildman–Crippen LogP) is 1.38. The lowest BCUT2D eigenvalue weighted by Gasteiger charge is -2.12. The minimum Gasteiger partial charge on any atom is -0.465 e. The first-order valence-electron chi connectivity index (χ1n) is 6.02. The van der Waals surface area contributed by atoms with Gasteiger partial charge in [-0.3, -0.25) is 0 Å². The molecular formula is C13H16N2O4. The number of nitrogens with one attached hydrogen (secondary N) is 2. The molecule has 2 rings (SSSR count). The van der Waals surface area contributed by atoms with E-state index in [0.29, 0.717) is 24.5 Å². The van der Waals surface area contributed by atoms with Gasteiger partial charge in [0, 0.05) is 12.3 Å². The van der Waals surface area contributed by atoms with Crippen LogP contribution in [0.5, 0.6) is 0 Å². The zero-order chi connectivity index (χ0) is 13.7. The quantitative estimate of drug-likeness (QED) is 0.809. The van der Waals surface area contributed by atoms with E-state index in [2.05, 4.69) is 15.4 Å². The Morgan fingerprint density at radius 3 is 2.95 bits per heavy atom. The maximum atomic E-state index is 11.7. The lowest BCUT2D eigenvalue weighted by atomic mass is 10.2. The molecule has 1 aromatic rings. The van der Waals surface area contributed by atoms with Crippen LogP contribution in [-0.2, 0) is 9.47 Å². The van der Waals surface area contributed by atoms with Crippen molar-refractivity contribution in [3.05, 3.63) is 29.8 Å². The molecule has 0 bridgehead atoms. The number of hydrogen-bond donors (Lipinski definition) is 2. The average molecular weight is 264 g/mol. The van der Waals surface area contributed by atoms with Crippen LogP contribution in [0.2, 0.25) is 0 Å². The van der Waals surface area contributed by atoms with Crippen LogP contribution >= 0.6 is 0 Å². The van der Waals surface area contributed by atoms with E-state index in [0.717, 1.165) is 6.42 Å². The summed E-state index contributed by atoms with van der Waals surface area (Å²) >= 11 is 0. The average Bonchev–Trinajstić information content (AvgIpc) is 2.90. The number of amides is 2. The van der Waals surface area contributed by atoms with Crippen LogP contribution in [0, 0.1) is 0 Å². The first-order valence-corrected chi connectivity index (χ1v) is 6.02. The highest BCUT2D eigenvalue weighted by Gasteiger charge is 2.17. The Labute approximate surface area is 111 Å². The molecule has 0 spiro atoms. The van der Waals surface area contributed by atoms with Gasteiger partial charge in [0.2, 0.25) is 0 Å². The Balaban J connectivity index is 1.94. The third-order valence-electron chi connectivity index (χ3n) is 2.81. The van der Waals surface area contributed by atoms with Crippen molar-refractivity contribution in [2.75, 3.05) is 25.6 Å². The van der Waals surface area contributed by atoms with Gasteiger partial charge in [-0.1, -0.05) is 6.07 Å². The number of carbonyl (C=O) groups excluding carboxylic acids is 2. The number of methoxy groups -OCH3 is 1. The van der Waals surface area contributed by atoms with Gasteiger partial charge in [-0.05, 0) is 24.6 Å². The monoisotopic (exact) mass is 264 g/mol. The molecule has 1 unspecified atom stereocenters. The van der Waals surface area contributed by atoms with Gasteiger partial charge < -0.3 is 20.1 Å². The van der Waals surface area contributed by atoms with Gasteiger partial charge in [0.15, 0.2) is 0 Å². The van der Waals surface area contributed by atoms with E-state index in [4.69, 9.17) is 4.74 Å². The molecular weight excluding hydrogens is 248 g/mol. The highest BCUT2D eigenvalue weighted by molar-refractivity contribution is 5.93. The van der Waals surface area contributed by atoms with Gasteiger partial charge in [-0.15, -0.1) is 0 Å². The Morgan fingerprint density at radius 1 is 1.42 bits per heavy atom. The van der Waals surface area contributed by atoms with Crippen molar-refractivity contribution in [1.29, 1.82) is 0 Å². The number of carbonyl (C=O) groups is 2. The van der Waals surface area contributed by atoms with Crippen LogP contribution < -0.4 is 10.6 Å². The summed E-state index contributed by atoms with van der Waals surface area (Å²) in [5.74, 6) is -0.437. The normalized spacial score (nSPS) is 17.8. The molecule has 1 heterocycles. The van der Waals surface area contributed by atoms with Gasteiger partial charge in [-0.2, -0.15) is 0 Å². The van der Waals surface area contributed by atoms with Gasteiger partial charge in [0.05, 0.1) is 25.3 Å². The van der Waals surface area contributed by atoms with Crippen molar-refractivity contribution in [2.45, 2.75) is 12.5 Å². The number of anilines is 1. The molecule has 1 fully saturated rings. The third kappa shape index (κ3) is 3.69. The second-order valence-corrected chi connectivity index (χ2v) is 4.23. The summed E-state index contributed by atoms with van der Waals surface area (Å²) < 4.78 is 9.79. The number of hydrogen-bond acceptors (Lipinski definition) is 4. The second kappa shape index (κ2) is 6.19. The zero-order valence-corrected chi connectivity index (χ0v) is 10.6. The highest BCUT2D eigenvalue weighted by Crippen LogP contribution is 2.12. The van der Waals surface area contributed by atoms with E-state index >= 15 is 0 Å². The smallest absolute Gasteiger partial charge is 0.337 e. The van der Waals surface area contributed by atoms with E-state index in [9.17, 15) is 9.59 Å². The number of urea groups is 1. The minimum atomic E-state index is -0.437. The van der Waals surface area contributed by atoms with E-state index < -0.39 is 5.97 Å². The van der Waals surface area contributed by atoms with E-state index in [1.54, 1.807) is 24.3 Å². The Morgan fingerprint density at radius 2 is 2.26 bits per heavy atom. The van der Waals surface area contributed by atoms with Crippen molar-refractivity contribution < 1.29 is 19.1 Å². The van der Waals surface area contributed by atoms with Gasteiger partial charge >= 0.3 is 12.0 Å². The Hall–Kier alpha value is -2.08. The number of benzene rings is 1. The predicted molar refractivity (Wildman–Crippen MR) is 69.2 cm³/mol. The van der Waals surface area contributed by atoms with Crippen molar-refractivity contribution in [3.8, 4) is 0 Å². The maximum absolute atomic E-state index is 11.7. The number of rotatable bonds is 3. The molecule has 0 saturated carbocycles. The number of ether oxygens (including phenoxy) is 2. The molecule has 1 aromatic carbocycles. The van der Waals surface area contributed by atoms with Crippen LogP contribution in [0.15, 0.2) is 24.3 Å². The molecule has 2 N–H and O–H groups in total. The van der Waals surface area contributed by atoms with Crippen molar-refractivity contribution in [3.63, 3.8) is 0 Å². The minimum absolute atomic E-state index is 0.0452. The zero-order valence-electron chi connectivity index (χ0n) is 10.6. The first kappa shape index (κ1) is 13.4. The fourth-order valence-corrected chi connectivity index (χ4v) is 1.84. The fraction of sp³-hybridized carbons (Fsp3) is 0.385. The summed E-state index contributed by atoms with van der Waals surface area (Å²) in [6, 6.07) is 6.31. The van der Waals surface area contributed by atoms with Crippen molar-refractivity contribution in [2.24, 2.45) is 0 Å². The van der Waals surface area contributed by atoms with Crippen LogP contribution in [-0.4, -0.2) is 38.4 Å². The summed E-state index contributed by atoms with van der Waals surface area (Å²) in [4.78, 5) is 23.1. The molecule has 1 aliphatic rings. The summed E-state index contributed by atoms with van der Waals surface area (Å²) in [5, 5.41) is 5.47. The van der Waals surface area contributed by atoms with Gasteiger partial charge in [-0.25, -0.2) is 9.59 Å². The van der Waals surface area contributed by atoms with E-state index in [-0.39, 0.29) is 12.1 Å². The van der Waals surface area contributed by atoms with Crippen LogP contribution in [0.4, 0.5) is 10.5 Å². The summed E-state index contributed by atoms with van der Waals surface area (Å²) in [6.45, 7) is 1.21. The molecule has 6 nitrogen and oxygen atoms in total. The van der Waals surface area contributed by atoms with Crippen LogP contribution in [0.25, 0.3) is 0 Å². The molecule has 0 radical (unpaired) electrons. The molecule has 1 aliphatic heterocycles. The molecule has 0 aromatic heterocycles. The van der Waals surface area contributed by atoms with Crippen LogP contribution in [0.3, 0.4) is 0 Å². The lowest BCUT2D eigenvalue weighted by molar-refractivity contribution is 0.0600. The summed E-state index contributed by atoms with van der Waals surface area (Å²) in [7, 11) is 1.31.